The molecule has 3 rings (SSSR count). The second-order valence-electron chi connectivity index (χ2n) is 6.24. The predicted molar refractivity (Wildman–Crippen MR) is 92.6 cm³/mol. The van der Waals surface area contributed by atoms with E-state index in [1.807, 2.05) is 24.9 Å². The van der Waals surface area contributed by atoms with Crippen molar-refractivity contribution in [2.24, 2.45) is 0 Å². The van der Waals surface area contributed by atoms with Crippen molar-refractivity contribution >= 4 is 17.2 Å². The first-order chi connectivity index (χ1) is 11.5. The van der Waals surface area contributed by atoms with Gasteiger partial charge in [-0.2, -0.15) is 0 Å². The van der Waals surface area contributed by atoms with Crippen LogP contribution in [-0.2, 0) is 24.3 Å². The SMILES string of the molecule is CCc1cnc(CN(C(C)=O)C2CCN(Cc3cnc(C)s3)C2)o1. The van der Waals surface area contributed by atoms with Crippen LogP contribution in [0.15, 0.2) is 16.8 Å². The number of nitrogens with zero attached hydrogens (tertiary/aromatic N) is 4. The summed E-state index contributed by atoms with van der Waals surface area (Å²) in [6.07, 6.45) is 5.51. The van der Waals surface area contributed by atoms with E-state index in [4.69, 9.17) is 4.42 Å². The number of oxazole rings is 1. The second-order valence-corrected chi connectivity index (χ2v) is 7.56. The highest BCUT2D eigenvalue weighted by molar-refractivity contribution is 7.11. The minimum absolute atomic E-state index is 0.0757. The highest BCUT2D eigenvalue weighted by Gasteiger charge is 2.30. The van der Waals surface area contributed by atoms with Crippen LogP contribution in [0.4, 0.5) is 0 Å². The Kier molecular flexibility index (Phi) is 5.30. The summed E-state index contributed by atoms with van der Waals surface area (Å²) in [7, 11) is 0. The van der Waals surface area contributed by atoms with Crippen molar-refractivity contribution in [1.82, 2.24) is 19.8 Å². The number of aryl methyl sites for hydroxylation is 2. The molecule has 0 aliphatic carbocycles. The van der Waals surface area contributed by atoms with E-state index in [9.17, 15) is 4.79 Å². The fourth-order valence-corrected chi connectivity index (χ4v) is 3.97. The number of aromatic nitrogens is 2. The maximum atomic E-state index is 12.1. The molecule has 24 heavy (non-hydrogen) atoms. The molecule has 1 aliphatic rings. The summed E-state index contributed by atoms with van der Waals surface area (Å²) in [5, 5.41) is 1.10. The Morgan fingerprint density at radius 3 is 2.92 bits per heavy atom. The number of likely N-dealkylation sites (tertiary alicyclic amines) is 1. The minimum atomic E-state index is 0.0757. The number of carbonyl (C=O) groups excluding carboxylic acids is 1. The first-order valence-corrected chi connectivity index (χ1v) is 9.21. The lowest BCUT2D eigenvalue weighted by molar-refractivity contribution is -0.132. The van der Waals surface area contributed by atoms with Gasteiger partial charge < -0.3 is 9.32 Å². The fourth-order valence-electron chi connectivity index (χ4n) is 3.14. The largest absolute Gasteiger partial charge is 0.444 e. The minimum Gasteiger partial charge on any atom is -0.444 e. The molecule has 1 fully saturated rings. The van der Waals surface area contributed by atoms with Crippen LogP contribution in [0.25, 0.3) is 0 Å². The normalized spacial score (nSPS) is 18.2. The van der Waals surface area contributed by atoms with Crippen molar-refractivity contribution in [2.75, 3.05) is 13.1 Å². The Morgan fingerprint density at radius 2 is 2.29 bits per heavy atom. The molecule has 0 aromatic carbocycles. The molecule has 1 unspecified atom stereocenters. The van der Waals surface area contributed by atoms with Crippen molar-refractivity contribution in [2.45, 2.75) is 52.7 Å². The average molecular weight is 348 g/mol. The van der Waals surface area contributed by atoms with Gasteiger partial charge in [0.05, 0.1) is 17.7 Å². The molecule has 1 saturated heterocycles. The van der Waals surface area contributed by atoms with E-state index in [0.29, 0.717) is 12.4 Å². The molecule has 1 amide bonds. The summed E-state index contributed by atoms with van der Waals surface area (Å²) in [5.74, 6) is 1.56. The van der Waals surface area contributed by atoms with E-state index in [1.165, 1.54) is 4.88 Å². The topological polar surface area (TPSA) is 62.5 Å². The lowest BCUT2D eigenvalue weighted by Gasteiger charge is -2.27. The third kappa shape index (κ3) is 4.02. The van der Waals surface area contributed by atoms with Gasteiger partial charge in [0.1, 0.15) is 5.76 Å². The van der Waals surface area contributed by atoms with Gasteiger partial charge in [-0.15, -0.1) is 11.3 Å². The molecule has 3 heterocycles. The van der Waals surface area contributed by atoms with Crippen molar-refractivity contribution in [3.63, 3.8) is 0 Å². The van der Waals surface area contributed by atoms with Crippen LogP contribution >= 0.6 is 11.3 Å². The average Bonchev–Trinajstić information content (AvgIpc) is 3.26. The predicted octanol–water partition coefficient (Wildman–Crippen LogP) is 2.62. The zero-order chi connectivity index (χ0) is 17.1. The van der Waals surface area contributed by atoms with Gasteiger partial charge in [-0.05, 0) is 13.3 Å². The summed E-state index contributed by atoms with van der Waals surface area (Å²) >= 11 is 1.74. The van der Waals surface area contributed by atoms with E-state index in [2.05, 4.69) is 14.9 Å². The summed E-state index contributed by atoms with van der Waals surface area (Å²) < 4.78 is 5.67. The summed E-state index contributed by atoms with van der Waals surface area (Å²) in [6, 6.07) is 0.216. The standard InChI is InChI=1S/C17H24N4O2S/c1-4-15-7-19-17(23-15)11-21(13(3)22)14-5-6-20(9-14)10-16-8-18-12(2)24-16/h7-8,14H,4-6,9-11H2,1-3H3. The van der Waals surface area contributed by atoms with Gasteiger partial charge in [0, 0.05) is 50.1 Å². The van der Waals surface area contributed by atoms with Crippen LogP contribution in [0.5, 0.6) is 0 Å². The first-order valence-electron chi connectivity index (χ1n) is 8.39. The van der Waals surface area contributed by atoms with Crippen molar-refractivity contribution in [3.05, 3.63) is 33.9 Å². The number of rotatable bonds is 6. The van der Waals surface area contributed by atoms with E-state index < -0.39 is 0 Å². The van der Waals surface area contributed by atoms with Crippen LogP contribution in [0, 0.1) is 6.92 Å². The van der Waals surface area contributed by atoms with Crippen LogP contribution in [0.2, 0.25) is 0 Å². The number of amides is 1. The maximum Gasteiger partial charge on any atom is 0.220 e. The van der Waals surface area contributed by atoms with Crippen LogP contribution in [0.3, 0.4) is 0 Å². The highest BCUT2D eigenvalue weighted by atomic mass is 32.1. The molecule has 6 nitrogen and oxygen atoms in total. The molecule has 0 N–H and O–H groups in total. The summed E-state index contributed by atoms with van der Waals surface area (Å²) in [4.78, 5) is 26.3. The molecule has 0 saturated carbocycles. The Balaban J connectivity index is 1.61. The molecule has 0 spiro atoms. The molecule has 1 aliphatic heterocycles. The molecule has 0 bridgehead atoms. The van der Waals surface area contributed by atoms with Gasteiger partial charge in [0.2, 0.25) is 11.8 Å². The molecule has 2 aromatic rings. The summed E-state index contributed by atoms with van der Waals surface area (Å²) in [6.45, 7) is 8.93. The van der Waals surface area contributed by atoms with Crippen LogP contribution in [0.1, 0.15) is 41.8 Å². The smallest absolute Gasteiger partial charge is 0.220 e. The third-order valence-corrected chi connectivity index (χ3v) is 5.29. The number of thiazole rings is 1. The molecule has 1 atom stereocenters. The van der Waals surface area contributed by atoms with Gasteiger partial charge in [0.25, 0.3) is 0 Å². The van der Waals surface area contributed by atoms with Gasteiger partial charge in [-0.25, -0.2) is 9.97 Å². The van der Waals surface area contributed by atoms with Crippen LogP contribution in [-0.4, -0.2) is 44.8 Å². The molecular formula is C17H24N4O2S. The lowest BCUT2D eigenvalue weighted by Crippen LogP contribution is -2.40. The number of hydrogen-bond acceptors (Lipinski definition) is 6. The number of hydrogen-bond donors (Lipinski definition) is 0. The molecule has 2 aromatic heterocycles. The highest BCUT2D eigenvalue weighted by Crippen LogP contribution is 2.22. The monoisotopic (exact) mass is 348 g/mol. The molecular weight excluding hydrogens is 324 g/mol. The summed E-state index contributed by atoms with van der Waals surface area (Å²) in [5.41, 5.74) is 0. The van der Waals surface area contributed by atoms with E-state index in [1.54, 1.807) is 24.5 Å². The van der Waals surface area contributed by atoms with Crippen molar-refractivity contribution < 1.29 is 9.21 Å². The van der Waals surface area contributed by atoms with Crippen LogP contribution < -0.4 is 0 Å². The Labute approximate surface area is 146 Å². The van der Waals surface area contributed by atoms with Gasteiger partial charge >= 0.3 is 0 Å². The molecule has 130 valence electrons. The second kappa shape index (κ2) is 7.44. The zero-order valence-electron chi connectivity index (χ0n) is 14.5. The van der Waals surface area contributed by atoms with E-state index in [-0.39, 0.29) is 11.9 Å². The molecule has 7 heteroatoms. The number of carbonyl (C=O) groups is 1. The Morgan fingerprint density at radius 1 is 1.46 bits per heavy atom. The Bertz CT molecular complexity index is 696. The maximum absolute atomic E-state index is 12.1. The fraction of sp³-hybridized carbons (Fsp3) is 0.588. The Hall–Kier alpha value is -1.73. The molecule has 0 radical (unpaired) electrons. The van der Waals surface area contributed by atoms with E-state index in [0.717, 1.165) is 43.2 Å². The zero-order valence-corrected chi connectivity index (χ0v) is 15.3. The first kappa shape index (κ1) is 17.1. The quantitative estimate of drug-likeness (QED) is 0.803. The van der Waals surface area contributed by atoms with E-state index >= 15 is 0 Å². The lowest BCUT2D eigenvalue weighted by atomic mass is 10.2. The third-order valence-electron chi connectivity index (χ3n) is 4.40. The van der Waals surface area contributed by atoms with Crippen molar-refractivity contribution in [3.8, 4) is 0 Å². The van der Waals surface area contributed by atoms with Crippen molar-refractivity contribution in [1.29, 1.82) is 0 Å². The van der Waals surface area contributed by atoms with Gasteiger partial charge in [-0.3, -0.25) is 9.69 Å². The van der Waals surface area contributed by atoms with Gasteiger partial charge in [0.15, 0.2) is 0 Å². The van der Waals surface area contributed by atoms with Gasteiger partial charge in [-0.1, -0.05) is 6.92 Å².